The van der Waals surface area contributed by atoms with Gasteiger partial charge < -0.3 is 10.1 Å². The van der Waals surface area contributed by atoms with Crippen molar-refractivity contribution in [1.29, 1.82) is 0 Å². The number of amides is 1. The third-order valence-corrected chi connectivity index (χ3v) is 3.43. The van der Waals surface area contributed by atoms with Crippen molar-refractivity contribution in [1.82, 2.24) is 14.9 Å². The third kappa shape index (κ3) is 3.33. The molecule has 1 amide bonds. The fourth-order valence-corrected chi connectivity index (χ4v) is 2.28. The Morgan fingerprint density at radius 3 is 2.95 bits per heavy atom. The molecule has 1 N–H and O–H groups in total. The molecular weight excluding hydrogens is 274 g/mol. The number of carbonyl (C=O) groups is 1. The van der Waals surface area contributed by atoms with Crippen LogP contribution in [0.25, 0.3) is 11.3 Å². The van der Waals surface area contributed by atoms with Crippen LogP contribution in [0.5, 0.6) is 5.75 Å². The van der Waals surface area contributed by atoms with Crippen molar-refractivity contribution in [3.63, 3.8) is 0 Å². The zero-order chi connectivity index (χ0) is 14.5. The lowest BCUT2D eigenvalue weighted by molar-refractivity contribution is 0.0953. The van der Waals surface area contributed by atoms with E-state index in [-0.39, 0.29) is 5.91 Å². The number of carbonyl (C=O) groups excluding carboxylic acids is 1. The summed E-state index contributed by atoms with van der Waals surface area (Å²) in [5.74, 6) is 0.996. The topological polar surface area (TPSA) is 64.1 Å². The van der Waals surface area contributed by atoms with E-state index in [4.69, 9.17) is 4.74 Å². The highest BCUT2D eigenvalue weighted by atomic mass is 32.1. The minimum absolute atomic E-state index is 0.133. The molecule has 0 bridgehead atoms. The molecule has 1 aromatic heterocycles. The molecule has 106 valence electrons. The summed E-state index contributed by atoms with van der Waals surface area (Å²) >= 11 is 1.10. The molecule has 0 aliphatic rings. The van der Waals surface area contributed by atoms with Crippen LogP contribution in [0.2, 0.25) is 0 Å². The van der Waals surface area contributed by atoms with E-state index in [9.17, 15) is 4.79 Å². The second-order valence-corrected chi connectivity index (χ2v) is 5.54. The summed E-state index contributed by atoms with van der Waals surface area (Å²) in [5, 5.41) is 6.95. The lowest BCUT2D eigenvalue weighted by Gasteiger charge is -2.07. The maximum absolute atomic E-state index is 12.1. The number of rotatable bonds is 5. The molecule has 0 aliphatic carbocycles. The minimum atomic E-state index is -0.133. The maximum Gasteiger partial charge on any atom is 0.265 e. The van der Waals surface area contributed by atoms with E-state index in [1.54, 1.807) is 7.11 Å². The van der Waals surface area contributed by atoms with Crippen LogP contribution in [-0.2, 0) is 0 Å². The first-order chi connectivity index (χ1) is 9.61. The number of nitrogens with zero attached hydrogens (tertiary/aromatic N) is 2. The van der Waals surface area contributed by atoms with Gasteiger partial charge in [0.25, 0.3) is 5.91 Å². The molecule has 0 fully saturated rings. The van der Waals surface area contributed by atoms with Crippen molar-refractivity contribution in [3.05, 3.63) is 29.1 Å². The second-order valence-electron chi connectivity index (χ2n) is 4.79. The first-order valence-corrected chi connectivity index (χ1v) is 7.14. The van der Waals surface area contributed by atoms with Gasteiger partial charge in [0.2, 0.25) is 0 Å². The van der Waals surface area contributed by atoms with Crippen LogP contribution < -0.4 is 10.1 Å². The van der Waals surface area contributed by atoms with Crippen LogP contribution in [0.1, 0.15) is 23.5 Å². The minimum Gasteiger partial charge on any atom is -0.497 e. The Bertz CT molecular complexity index is 596. The molecule has 0 spiro atoms. The molecule has 6 heteroatoms. The smallest absolute Gasteiger partial charge is 0.265 e. The summed E-state index contributed by atoms with van der Waals surface area (Å²) in [6, 6.07) is 7.44. The Labute approximate surface area is 122 Å². The van der Waals surface area contributed by atoms with Gasteiger partial charge in [-0.05, 0) is 29.6 Å². The van der Waals surface area contributed by atoms with Crippen molar-refractivity contribution < 1.29 is 9.53 Å². The highest BCUT2D eigenvalue weighted by Gasteiger charge is 2.18. The first-order valence-electron chi connectivity index (χ1n) is 6.36. The first kappa shape index (κ1) is 14.5. The zero-order valence-electron chi connectivity index (χ0n) is 11.7. The molecule has 1 heterocycles. The molecule has 0 radical (unpaired) electrons. The molecule has 5 nitrogen and oxygen atoms in total. The average molecular weight is 291 g/mol. The van der Waals surface area contributed by atoms with Gasteiger partial charge in [0, 0.05) is 12.1 Å². The zero-order valence-corrected chi connectivity index (χ0v) is 12.5. The molecule has 0 saturated carbocycles. The molecular formula is C14H17N3O2S. The highest BCUT2D eigenvalue weighted by Crippen LogP contribution is 2.26. The number of hydrogen-bond donors (Lipinski definition) is 1. The Hall–Kier alpha value is -1.95. The van der Waals surface area contributed by atoms with Crippen molar-refractivity contribution in [2.24, 2.45) is 5.92 Å². The highest BCUT2D eigenvalue weighted by molar-refractivity contribution is 7.08. The SMILES string of the molecule is COc1cccc(-c2nnsc2C(=O)NCC(C)C)c1. The summed E-state index contributed by atoms with van der Waals surface area (Å²) in [7, 11) is 1.61. The Balaban J connectivity index is 2.25. The van der Waals surface area contributed by atoms with Crippen LogP contribution in [0.15, 0.2) is 24.3 Å². The van der Waals surface area contributed by atoms with Crippen molar-refractivity contribution >= 4 is 17.4 Å². The third-order valence-electron chi connectivity index (χ3n) is 2.71. The van der Waals surface area contributed by atoms with Gasteiger partial charge in [0.1, 0.15) is 16.3 Å². The van der Waals surface area contributed by atoms with E-state index in [0.29, 0.717) is 23.0 Å². The van der Waals surface area contributed by atoms with Crippen LogP contribution in [-0.4, -0.2) is 29.1 Å². The fraction of sp³-hybridized carbons (Fsp3) is 0.357. The van der Waals surface area contributed by atoms with Gasteiger partial charge in [0.05, 0.1) is 7.11 Å². The summed E-state index contributed by atoms with van der Waals surface area (Å²) in [6.45, 7) is 4.73. The van der Waals surface area contributed by atoms with Crippen molar-refractivity contribution in [2.75, 3.05) is 13.7 Å². The fourth-order valence-electron chi connectivity index (χ4n) is 1.68. The number of ether oxygens (including phenoxy) is 1. The van der Waals surface area contributed by atoms with E-state index < -0.39 is 0 Å². The molecule has 0 atom stereocenters. The summed E-state index contributed by atoms with van der Waals surface area (Å²) in [5.41, 5.74) is 1.42. The van der Waals surface area contributed by atoms with Gasteiger partial charge >= 0.3 is 0 Å². The van der Waals surface area contributed by atoms with E-state index in [1.807, 2.05) is 38.1 Å². The van der Waals surface area contributed by atoms with Gasteiger partial charge in [-0.1, -0.05) is 30.5 Å². The average Bonchev–Trinajstić information content (AvgIpc) is 2.94. The van der Waals surface area contributed by atoms with E-state index >= 15 is 0 Å². The lowest BCUT2D eigenvalue weighted by Crippen LogP contribution is -2.27. The predicted molar refractivity (Wildman–Crippen MR) is 79.1 cm³/mol. The Morgan fingerprint density at radius 1 is 1.45 bits per heavy atom. The number of methoxy groups -OCH3 is 1. The monoisotopic (exact) mass is 291 g/mol. The van der Waals surface area contributed by atoms with Gasteiger partial charge in [-0.3, -0.25) is 4.79 Å². The number of hydrogen-bond acceptors (Lipinski definition) is 5. The van der Waals surface area contributed by atoms with Gasteiger partial charge in [-0.15, -0.1) is 5.10 Å². The molecule has 0 saturated heterocycles. The normalized spacial score (nSPS) is 10.6. The summed E-state index contributed by atoms with van der Waals surface area (Å²) in [4.78, 5) is 12.7. The van der Waals surface area contributed by atoms with Crippen molar-refractivity contribution in [3.8, 4) is 17.0 Å². The quantitative estimate of drug-likeness (QED) is 0.919. The molecule has 2 aromatic rings. The molecule has 0 aliphatic heterocycles. The van der Waals surface area contributed by atoms with Gasteiger partial charge in [-0.25, -0.2) is 0 Å². The van der Waals surface area contributed by atoms with Gasteiger partial charge in [0.15, 0.2) is 0 Å². The largest absolute Gasteiger partial charge is 0.497 e. The number of benzene rings is 1. The van der Waals surface area contributed by atoms with Crippen LogP contribution in [0.4, 0.5) is 0 Å². The predicted octanol–water partition coefficient (Wildman–Crippen LogP) is 2.60. The standard InChI is InChI=1S/C14H17N3O2S/c1-9(2)8-15-14(18)13-12(16-17-20-13)10-5-4-6-11(7-10)19-3/h4-7,9H,8H2,1-3H3,(H,15,18). The molecule has 0 unspecified atom stereocenters. The summed E-state index contributed by atoms with van der Waals surface area (Å²) in [6.07, 6.45) is 0. The van der Waals surface area contributed by atoms with Crippen LogP contribution >= 0.6 is 11.5 Å². The summed E-state index contributed by atoms with van der Waals surface area (Å²) < 4.78 is 9.08. The maximum atomic E-state index is 12.1. The lowest BCUT2D eigenvalue weighted by atomic mass is 10.1. The van der Waals surface area contributed by atoms with E-state index in [1.165, 1.54) is 0 Å². The Kier molecular flexibility index (Phi) is 4.68. The Morgan fingerprint density at radius 2 is 2.25 bits per heavy atom. The van der Waals surface area contributed by atoms with Crippen molar-refractivity contribution in [2.45, 2.75) is 13.8 Å². The molecule has 2 rings (SSSR count). The molecule has 20 heavy (non-hydrogen) atoms. The second kappa shape index (κ2) is 6.47. The number of nitrogens with one attached hydrogen (secondary N) is 1. The number of aromatic nitrogens is 2. The van der Waals surface area contributed by atoms with E-state index in [0.717, 1.165) is 22.8 Å². The van der Waals surface area contributed by atoms with E-state index in [2.05, 4.69) is 14.9 Å². The van der Waals surface area contributed by atoms with Crippen LogP contribution in [0.3, 0.4) is 0 Å². The van der Waals surface area contributed by atoms with Crippen LogP contribution in [0, 0.1) is 5.92 Å². The molecule has 1 aromatic carbocycles. The van der Waals surface area contributed by atoms with Gasteiger partial charge in [-0.2, -0.15) is 0 Å².